The fraction of sp³-hybridized carbons (Fsp3) is 0.318. The molecule has 124 valence electrons. The van der Waals surface area contributed by atoms with Gasteiger partial charge >= 0.3 is 5.97 Å². The second kappa shape index (κ2) is 6.27. The van der Waals surface area contributed by atoms with Gasteiger partial charge in [0.15, 0.2) is 0 Å². The van der Waals surface area contributed by atoms with Crippen LogP contribution in [0.1, 0.15) is 45.8 Å². The van der Waals surface area contributed by atoms with Gasteiger partial charge in [-0.1, -0.05) is 43.3 Å². The summed E-state index contributed by atoms with van der Waals surface area (Å²) in [6.07, 6.45) is 0.515. The summed E-state index contributed by atoms with van der Waals surface area (Å²) >= 11 is 0. The number of carbonyl (C=O) groups is 1. The lowest BCUT2D eigenvalue weighted by molar-refractivity contribution is -0.159. The Morgan fingerprint density at radius 1 is 0.958 bits per heavy atom. The van der Waals surface area contributed by atoms with Crippen LogP contribution < -0.4 is 0 Å². The van der Waals surface area contributed by atoms with E-state index in [1.54, 1.807) is 0 Å². The van der Waals surface area contributed by atoms with Crippen LogP contribution in [0.5, 0.6) is 0 Å². The average Bonchev–Trinajstić information content (AvgIpc) is 2.59. The van der Waals surface area contributed by atoms with Gasteiger partial charge in [0.1, 0.15) is 6.10 Å². The number of hydrogen-bond donors (Lipinski definition) is 0. The molecule has 24 heavy (non-hydrogen) atoms. The topological polar surface area (TPSA) is 26.3 Å². The molecule has 0 bridgehead atoms. The Bertz CT molecular complexity index is 893. The van der Waals surface area contributed by atoms with E-state index in [0.29, 0.717) is 0 Å². The highest BCUT2D eigenvalue weighted by Gasteiger charge is 2.28. The molecule has 2 heteroatoms. The zero-order valence-corrected chi connectivity index (χ0v) is 14.8. The summed E-state index contributed by atoms with van der Waals surface area (Å²) in [6, 6.07) is 19.0. The second-order valence-electron chi connectivity index (χ2n) is 7.09. The fourth-order valence-electron chi connectivity index (χ4n) is 2.74. The van der Waals surface area contributed by atoms with E-state index >= 15 is 0 Å². The Labute approximate surface area is 143 Å². The monoisotopic (exact) mass is 320 g/mol. The summed E-state index contributed by atoms with van der Waals surface area (Å²) in [5.41, 5.74) is 0.583. The van der Waals surface area contributed by atoms with Crippen LogP contribution in [0.3, 0.4) is 0 Å². The highest BCUT2D eigenvalue weighted by atomic mass is 16.5. The van der Waals surface area contributed by atoms with Gasteiger partial charge in [0.05, 0.1) is 5.41 Å². The molecule has 0 saturated heterocycles. The van der Waals surface area contributed by atoms with Gasteiger partial charge in [-0.15, -0.1) is 0 Å². The summed E-state index contributed by atoms with van der Waals surface area (Å²) in [5, 5.41) is 4.83. The van der Waals surface area contributed by atoms with E-state index in [9.17, 15) is 4.79 Å². The van der Waals surface area contributed by atoms with Crippen molar-refractivity contribution in [3.05, 3.63) is 60.2 Å². The van der Waals surface area contributed by atoms with Crippen molar-refractivity contribution in [1.29, 1.82) is 0 Å². The van der Waals surface area contributed by atoms with Gasteiger partial charge < -0.3 is 4.74 Å². The average molecular weight is 320 g/mol. The Morgan fingerprint density at radius 3 is 2.17 bits per heavy atom. The second-order valence-corrected chi connectivity index (χ2v) is 7.09. The molecule has 0 N–H and O–H groups in total. The first-order valence-electron chi connectivity index (χ1n) is 8.54. The first-order chi connectivity index (χ1) is 11.4. The van der Waals surface area contributed by atoms with Crippen LogP contribution >= 0.6 is 0 Å². The molecule has 0 aliphatic carbocycles. The van der Waals surface area contributed by atoms with Gasteiger partial charge in [-0.3, -0.25) is 4.79 Å². The smallest absolute Gasteiger partial charge is 0.312 e. The van der Waals surface area contributed by atoms with Crippen LogP contribution in [0, 0.1) is 5.41 Å². The lowest BCUT2D eigenvalue weighted by Crippen LogP contribution is -2.26. The quantitative estimate of drug-likeness (QED) is 0.433. The minimum Gasteiger partial charge on any atom is -0.457 e. The largest absolute Gasteiger partial charge is 0.457 e. The maximum atomic E-state index is 12.3. The van der Waals surface area contributed by atoms with Crippen LogP contribution in [0.4, 0.5) is 0 Å². The Morgan fingerprint density at radius 2 is 1.54 bits per heavy atom. The molecule has 0 aromatic heterocycles. The molecule has 0 amide bonds. The van der Waals surface area contributed by atoms with Crippen molar-refractivity contribution in [3.8, 4) is 0 Å². The molecule has 0 aliphatic heterocycles. The van der Waals surface area contributed by atoms with Crippen LogP contribution in [0.25, 0.3) is 21.5 Å². The van der Waals surface area contributed by atoms with Crippen molar-refractivity contribution >= 4 is 27.5 Å². The van der Waals surface area contributed by atoms with Gasteiger partial charge in [0.2, 0.25) is 0 Å². The van der Waals surface area contributed by atoms with Crippen LogP contribution in [-0.4, -0.2) is 5.97 Å². The van der Waals surface area contributed by atoms with Crippen molar-refractivity contribution in [2.45, 2.75) is 40.2 Å². The summed E-state index contributed by atoms with van der Waals surface area (Å²) < 4.78 is 5.69. The molecule has 3 aromatic rings. The van der Waals surface area contributed by atoms with Crippen molar-refractivity contribution in [1.82, 2.24) is 0 Å². The lowest BCUT2D eigenvalue weighted by atomic mass is 9.90. The van der Waals surface area contributed by atoms with E-state index in [1.807, 2.05) is 33.8 Å². The molecule has 0 aliphatic rings. The summed E-state index contributed by atoms with van der Waals surface area (Å²) in [5.74, 6) is -0.142. The number of benzene rings is 3. The highest BCUT2D eigenvalue weighted by molar-refractivity contribution is 5.98. The Hall–Kier alpha value is -2.35. The predicted octanol–water partition coefficient (Wildman–Crippen LogP) is 6.03. The van der Waals surface area contributed by atoms with Crippen molar-refractivity contribution in [2.75, 3.05) is 0 Å². The minimum atomic E-state index is -0.443. The van der Waals surface area contributed by atoms with Crippen molar-refractivity contribution in [2.24, 2.45) is 5.41 Å². The summed E-state index contributed by atoms with van der Waals surface area (Å²) in [6.45, 7) is 7.79. The van der Waals surface area contributed by atoms with Crippen LogP contribution in [0.2, 0.25) is 0 Å². The Kier molecular flexibility index (Phi) is 4.31. The molecule has 3 rings (SSSR count). The first kappa shape index (κ1) is 16.5. The molecule has 0 spiro atoms. The molecular formula is C22H24O2. The number of fused-ring (bicyclic) bond motifs is 2. The van der Waals surface area contributed by atoms with Crippen molar-refractivity contribution in [3.63, 3.8) is 0 Å². The molecule has 1 unspecified atom stereocenters. The van der Waals surface area contributed by atoms with Gasteiger partial charge in [0, 0.05) is 0 Å². The molecule has 0 radical (unpaired) electrons. The molecule has 1 atom stereocenters. The maximum absolute atomic E-state index is 12.3. The predicted molar refractivity (Wildman–Crippen MR) is 100 cm³/mol. The van der Waals surface area contributed by atoms with Crippen LogP contribution in [-0.2, 0) is 9.53 Å². The number of ether oxygens (including phenoxy) is 1. The third-order valence-electron chi connectivity index (χ3n) is 4.92. The van der Waals surface area contributed by atoms with E-state index in [0.717, 1.165) is 12.0 Å². The van der Waals surface area contributed by atoms with Crippen LogP contribution in [0.15, 0.2) is 54.6 Å². The first-order valence-corrected chi connectivity index (χ1v) is 8.54. The summed E-state index contributed by atoms with van der Waals surface area (Å²) in [7, 11) is 0. The summed E-state index contributed by atoms with van der Waals surface area (Å²) in [4.78, 5) is 12.3. The number of hydrogen-bond acceptors (Lipinski definition) is 2. The van der Waals surface area contributed by atoms with E-state index < -0.39 is 5.41 Å². The van der Waals surface area contributed by atoms with E-state index in [-0.39, 0.29) is 12.1 Å². The molecule has 0 saturated carbocycles. The number of rotatable bonds is 4. The Balaban J connectivity index is 1.92. The maximum Gasteiger partial charge on any atom is 0.312 e. The van der Waals surface area contributed by atoms with Gasteiger partial charge in [0.25, 0.3) is 0 Å². The highest BCUT2D eigenvalue weighted by Crippen LogP contribution is 2.29. The normalized spacial score (nSPS) is 13.2. The van der Waals surface area contributed by atoms with E-state index in [1.165, 1.54) is 21.5 Å². The molecule has 2 nitrogen and oxygen atoms in total. The van der Waals surface area contributed by atoms with E-state index in [2.05, 4.69) is 48.5 Å². The number of esters is 1. The molecular weight excluding hydrogens is 296 g/mol. The molecule has 0 fully saturated rings. The molecule has 0 heterocycles. The minimum absolute atomic E-state index is 0.142. The lowest BCUT2D eigenvalue weighted by Gasteiger charge is -2.23. The third kappa shape index (κ3) is 3.14. The number of carbonyl (C=O) groups excluding carboxylic acids is 1. The fourth-order valence-corrected chi connectivity index (χ4v) is 2.74. The third-order valence-corrected chi connectivity index (χ3v) is 4.92. The van der Waals surface area contributed by atoms with Gasteiger partial charge in [-0.25, -0.2) is 0 Å². The van der Waals surface area contributed by atoms with Gasteiger partial charge in [-0.05, 0) is 72.5 Å². The van der Waals surface area contributed by atoms with Crippen molar-refractivity contribution < 1.29 is 9.53 Å². The SMILES string of the molecule is CCC(C)(C)C(=O)OC(C)c1ccc2cc3ccccc3cc2c1. The standard InChI is InChI=1S/C22H24O2/c1-5-22(3,4)21(23)24-15(2)16-10-11-19-13-17-8-6-7-9-18(17)14-20(19)12-16/h6-15H,5H2,1-4H3. The van der Waals surface area contributed by atoms with Gasteiger partial charge in [-0.2, -0.15) is 0 Å². The van der Waals surface area contributed by atoms with E-state index in [4.69, 9.17) is 4.74 Å². The zero-order chi connectivity index (χ0) is 17.3. The molecule has 3 aromatic carbocycles. The zero-order valence-electron chi connectivity index (χ0n) is 14.8.